The molecule has 0 radical (unpaired) electrons. The first kappa shape index (κ1) is 31.2. The van der Waals surface area contributed by atoms with E-state index < -0.39 is 27.7 Å². The maximum absolute atomic E-state index is 14.6. The quantitative estimate of drug-likeness (QED) is 0.320. The highest BCUT2D eigenvalue weighted by Gasteiger charge is 2.53. The molecule has 3 aliphatic heterocycles. The van der Waals surface area contributed by atoms with Gasteiger partial charge in [0.15, 0.2) is 5.03 Å². The molecule has 0 aliphatic carbocycles. The van der Waals surface area contributed by atoms with E-state index in [0.717, 1.165) is 27.8 Å². The minimum atomic E-state index is -4.28. The molecule has 244 valence electrons. The molecule has 2 aromatic carbocycles. The van der Waals surface area contributed by atoms with Gasteiger partial charge in [0.2, 0.25) is 11.9 Å². The molecule has 7 rings (SSSR count). The number of sulfonamides is 1. The molecule has 13 heteroatoms. The van der Waals surface area contributed by atoms with E-state index in [9.17, 15) is 23.1 Å². The van der Waals surface area contributed by atoms with Crippen LogP contribution in [0, 0.1) is 13.8 Å². The number of likely N-dealkylation sites (tertiary alicyclic amines) is 1. The van der Waals surface area contributed by atoms with Crippen molar-refractivity contribution in [1.82, 2.24) is 28.7 Å². The van der Waals surface area contributed by atoms with Gasteiger partial charge in [0, 0.05) is 44.0 Å². The van der Waals surface area contributed by atoms with Crippen LogP contribution in [0.5, 0.6) is 0 Å². The molecule has 47 heavy (non-hydrogen) atoms. The fraction of sp³-hybridized carbons (Fsp3) is 0.382. The molecule has 0 saturated carbocycles. The van der Waals surface area contributed by atoms with Gasteiger partial charge in [0.1, 0.15) is 17.9 Å². The minimum Gasteiger partial charge on any atom is -0.391 e. The van der Waals surface area contributed by atoms with Gasteiger partial charge in [-0.25, -0.2) is 28.3 Å². The molecular weight excluding hydrogens is 618 g/mol. The van der Waals surface area contributed by atoms with Gasteiger partial charge in [0.05, 0.1) is 18.0 Å². The summed E-state index contributed by atoms with van der Waals surface area (Å²) in [4.78, 5) is 43.9. The van der Waals surface area contributed by atoms with Crippen molar-refractivity contribution < 1.29 is 23.1 Å². The fourth-order valence-electron chi connectivity index (χ4n) is 7.23. The number of carbonyl (C=O) groups is 2. The molecule has 0 unspecified atom stereocenters. The zero-order valence-corrected chi connectivity index (χ0v) is 27.4. The summed E-state index contributed by atoms with van der Waals surface area (Å²) in [7, 11) is -4.28. The molecule has 2 saturated heterocycles. The van der Waals surface area contributed by atoms with E-state index in [1.807, 2.05) is 56.3 Å². The van der Waals surface area contributed by atoms with Crippen LogP contribution < -0.4 is 4.90 Å². The summed E-state index contributed by atoms with van der Waals surface area (Å²) >= 11 is 0. The van der Waals surface area contributed by atoms with Gasteiger partial charge in [0.25, 0.3) is 15.9 Å². The smallest absolute Gasteiger partial charge is 0.261 e. The molecule has 2 fully saturated rings. The van der Waals surface area contributed by atoms with Crippen LogP contribution in [0.15, 0.2) is 72.4 Å². The second-order valence-corrected chi connectivity index (χ2v) is 14.8. The van der Waals surface area contributed by atoms with Crippen molar-refractivity contribution in [2.24, 2.45) is 0 Å². The summed E-state index contributed by atoms with van der Waals surface area (Å²) in [5, 5.41) is 9.89. The van der Waals surface area contributed by atoms with E-state index in [2.05, 4.69) is 15.0 Å². The fourth-order valence-corrected chi connectivity index (χ4v) is 9.07. The van der Waals surface area contributed by atoms with Crippen molar-refractivity contribution in [3.8, 4) is 11.1 Å². The Kier molecular flexibility index (Phi) is 7.72. The molecule has 5 heterocycles. The normalized spacial score (nSPS) is 23.1. The van der Waals surface area contributed by atoms with Gasteiger partial charge in [-0.05, 0) is 74.4 Å². The molecule has 0 bridgehead atoms. The van der Waals surface area contributed by atoms with Crippen LogP contribution in [-0.4, -0.2) is 85.8 Å². The van der Waals surface area contributed by atoms with E-state index in [1.165, 1.54) is 21.7 Å². The van der Waals surface area contributed by atoms with E-state index in [4.69, 9.17) is 0 Å². The number of aliphatic hydroxyl groups is 1. The molecule has 12 nitrogen and oxygen atoms in total. The number of rotatable bonds is 7. The Morgan fingerprint density at radius 2 is 1.68 bits per heavy atom. The average molecular weight is 656 g/mol. The molecule has 0 spiro atoms. The Morgan fingerprint density at radius 3 is 2.34 bits per heavy atom. The van der Waals surface area contributed by atoms with Crippen molar-refractivity contribution in [1.29, 1.82) is 0 Å². The van der Waals surface area contributed by atoms with E-state index in [0.29, 0.717) is 31.5 Å². The number of β-amino-alcohol motifs (C(OH)–C–C–N with tert-alkyl or cyclic N) is 1. The van der Waals surface area contributed by atoms with Crippen LogP contribution in [-0.2, 0) is 31.6 Å². The van der Waals surface area contributed by atoms with Crippen molar-refractivity contribution in [3.05, 3.63) is 84.1 Å². The molecule has 4 aromatic rings. The lowest BCUT2D eigenvalue weighted by atomic mass is 9.91. The number of carbonyl (C=O) groups excluding carboxylic acids is 2. The van der Waals surface area contributed by atoms with E-state index in [1.54, 1.807) is 28.8 Å². The number of benzene rings is 2. The summed E-state index contributed by atoms with van der Waals surface area (Å²) in [6.07, 6.45) is 7.19. The predicted octanol–water partition coefficient (Wildman–Crippen LogP) is 3.34. The van der Waals surface area contributed by atoms with Gasteiger partial charge >= 0.3 is 0 Å². The maximum atomic E-state index is 14.6. The zero-order chi connectivity index (χ0) is 33.1. The summed E-state index contributed by atoms with van der Waals surface area (Å²) in [6.45, 7) is 6.40. The van der Waals surface area contributed by atoms with Crippen molar-refractivity contribution in [3.63, 3.8) is 0 Å². The molecule has 3 aliphatic rings. The van der Waals surface area contributed by atoms with Gasteiger partial charge in [-0.15, -0.1) is 0 Å². The van der Waals surface area contributed by atoms with Crippen molar-refractivity contribution in [2.45, 2.75) is 69.2 Å². The Hall–Kier alpha value is -4.46. The highest BCUT2D eigenvalue weighted by atomic mass is 32.2. The maximum Gasteiger partial charge on any atom is 0.261 e. The standard InChI is InChI=1S/C34H37N7O5S/c1-22-13-23(2)15-27(14-22)40-32(44)34(3,16-24-6-8-25(9-7-24)26-17-35-21-36-18-26)41-30(19-37-33(40)41)47(45,46)39-11-4-5-29(39)31(43)38-12-10-28(42)20-38/h6-9,13-15,17-19,21,28-29,42H,4-5,10-12,16,20H2,1-3H3/t28-,29+,34-/m1/s1. The second-order valence-electron chi connectivity index (χ2n) is 13.0. The topological polar surface area (TPSA) is 142 Å². The molecule has 1 N–H and O–H groups in total. The highest BCUT2D eigenvalue weighted by Crippen LogP contribution is 2.45. The number of aromatic nitrogens is 4. The Morgan fingerprint density at radius 1 is 0.979 bits per heavy atom. The van der Waals surface area contributed by atoms with Crippen molar-refractivity contribution >= 4 is 33.5 Å². The number of amides is 2. The first-order valence-corrected chi connectivity index (χ1v) is 17.3. The van der Waals surface area contributed by atoms with E-state index in [-0.39, 0.29) is 42.3 Å². The molecular formula is C34H37N7O5S. The van der Waals surface area contributed by atoms with Crippen LogP contribution in [0.25, 0.3) is 11.1 Å². The first-order valence-electron chi connectivity index (χ1n) is 15.8. The average Bonchev–Trinajstić information content (AvgIpc) is 3.84. The predicted molar refractivity (Wildman–Crippen MR) is 174 cm³/mol. The van der Waals surface area contributed by atoms with Gasteiger partial charge in [-0.3, -0.25) is 14.2 Å². The third-order valence-electron chi connectivity index (χ3n) is 9.47. The number of imidazole rings is 1. The largest absolute Gasteiger partial charge is 0.391 e. The number of aliphatic hydroxyl groups excluding tert-OH is 1. The Labute approximate surface area is 273 Å². The summed E-state index contributed by atoms with van der Waals surface area (Å²) in [5.74, 6) is -0.394. The Bertz CT molecular complexity index is 1940. The summed E-state index contributed by atoms with van der Waals surface area (Å²) < 4.78 is 31.9. The SMILES string of the molecule is Cc1cc(C)cc(N2C(=O)[C@@](C)(Cc3ccc(-c4cncnc4)cc3)n3c(S(=O)(=O)N4CCC[C@H]4C(=O)N4CC[C@@H](O)C4)cnc32)c1. The van der Waals surface area contributed by atoms with Crippen molar-refractivity contribution in [2.75, 3.05) is 24.5 Å². The number of fused-ring (bicyclic) bond motifs is 1. The number of hydrogen-bond donors (Lipinski definition) is 1. The summed E-state index contributed by atoms with van der Waals surface area (Å²) in [6, 6.07) is 12.6. The van der Waals surface area contributed by atoms with Gasteiger partial charge in [-0.2, -0.15) is 4.31 Å². The monoisotopic (exact) mass is 655 g/mol. The minimum absolute atomic E-state index is 0.130. The molecule has 2 aromatic heterocycles. The van der Waals surface area contributed by atoms with E-state index >= 15 is 0 Å². The number of anilines is 2. The van der Waals surface area contributed by atoms with Gasteiger partial charge < -0.3 is 10.0 Å². The summed E-state index contributed by atoms with van der Waals surface area (Å²) in [5.41, 5.74) is 3.75. The highest BCUT2D eigenvalue weighted by molar-refractivity contribution is 7.89. The second kappa shape index (κ2) is 11.7. The zero-order valence-electron chi connectivity index (χ0n) is 26.6. The number of aryl methyl sites for hydroxylation is 2. The lowest BCUT2D eigenvalue weighted by Crippen LogP contribution is -2.48. The molecule has 2 amide bonds. The van der Waals surface area contributed by atoms with Crippen LogP contribution in [0.2, 0.25) is 0 Å². The lowest BCUT2D eigenvalue weighted by molar-refractivity contribution is -0.134. The Balaban J connectivity index is 1.30. The lowest BCUT2D eigenvalue weighted by Gasteiger charge is -2.30. The van der Waals surface area contributed by atoms with Crippen LogP contribution in [0.1, 0.15) is 42.9 Å². The molecule has 3 atom stereocenters. The third-order valence-corrected chi connectivity index (χ3v) is 11.3. The van der Waals surface area contributed by atoms with Gasteiger partial charge in [-0.1, -0.05) is 30.3 Å². The van der Waals surface area contributed by atoms with Crippen LogP contribution in [0.4, 0.5) is 11.6 Å². The van der Waals surface area contributed by atoms with Crippen LogP contribution in [0.3, 0.4) is 0 Å². The number of nitrogens with zero attached hydrogens (tertiary/aromatic N) is 7. The first-order chi connectivity index (χ1) is 22.5. The van der Waals surface area contributed by atoms with Crippen LogP contribution >= 0.6 is 0 Å². The number of hydrogen-bond acceptors (Lipinski definition) is 8. The third kappa shape index (κ3) is 5.31.